The molecule has 0 bridgehead atoms. The number of hydrogen-bond acceptors (Lipinski definition) is 2. The molecular formula is C18H16FNO. The van der Waals surface area contributed by atoms with Gasteiger partial charge in [-0.3, -0.25) is 0 Å². The van der Waals surface area contributed by atoms with Gasteiger partial charge in [0, 0.05) is 5.39 Å². The molecule has 0 fully saturated rings. The van der Waals surface area contributed by atoms with E-state index >= 15 is 0 Å². The largest absolute Gasteiger partial charge is 0.487 e. The quantitative estimate of drug-likeness (QED) is 0.701. The molecule has 0 spiro atoms. The lowest BCUT2D eigenvalue weighted by Crippen LogP contribution is -2.00. The highest BCUT2D eigenvalue weighted by Crippen LogP contribution is 2.25. The molecule has 0 aliphatic rings. The van der Waals surface area contributed by atoms with Gasteiger partial charge in [0.2, 0.25) is 0 Å². The molecule has 0 saturated heterocycles. The Morgan fingerprint density at radius 3 is 2.62 bits per heavy atom. The Labute approximate surface area is 123 Å². The van der Waals surface area contributed by atoms with Crippen LogP contribution in [0.5, 0.6) is 5.75 Å². The molecule has 3 aromatic rings. The number of hydrogen-bond donors (Lipinski definition) is 0. The smallest absolute Gasteiger partial charge is 0.141 e. The molecule has 0 atom stereocenters. The number of halogens is 1. The fraction of sp³-hybridized carbons (Fsp3) is 0.167. The first-order valence-electron chi connectivity index (χ1n) is 7.02. The Hall–Kier alpha value is -2.42. The summed E-state index contributed by atoms with van der Waals surface area (Å²) in [4.78, 5) is 4.56. The second-order valence-corrected chi connectivity index (χ2v) is 4.90. The van der Waals surface area contributed by atoms with Crippen molar-refractivity contribution in [3.05, 3.63) is 71.7 Å². The number of ether oxygens (including phenoxy) is 1. The van der Waals surface area contributed by atoms with Crippen LogP contribution in [0.4, 0.5) is 4.39 Å². The number of fused-ring (bicyclic) bond motifs is 1. The van der Waals surface area contributed by atoms with E-state index in [1.165, 1.54) is 12.1 Å². The summed E-state index contributed by atoms with van der Waals surface area (Å²) in [5.74, 6) is 0.460. The zero-order chi connectivity index (χ0) is 14.7. The van der Waals surface area contributed by atoms with Crippen LogP contribution in [0.1, 0.15) is 18.2 Å². The van der Waals surface area contributed by atoms with Gasteiger partial charge in [-0.1, -0.05) is 37.3 Å². The molecule has 3 heteroatoms. The van der Waals surface area contributed by atoms with Crippen molar-refractivity contribution in [2.45, 2.75) is 20.0 Å². The molecule has 0 radical (unpaired) electrons. The van der Waals surface area contributed by atoms with Gasteiger partial charge in [-0.15, -0.1) is 0 Å². The number of nitrogens with zero attached hydrogens (tertiary/aromatic N) is 1. The van der Waals surface area contributed by atoms with Crippen LogP contribution in [0.3, 0.4) is 0 Å². The number of aromatic nitrogens is 1. The fourth-order valence-corrected chi connectivity index (χ4v) is 2.28. The van der Waals surface area contributed by atoms with E-state index in [2.05, 4.69) is 4.98 Å². The maximum atomic E-state index is 13.3. The summed E-state index contributed by atoms with van der Waals surface area (Å²) in [6, 6.07) is 16.4. The van der Waals surface area contributed by atoms with Gasteiger partial charge in [0.25, 0.3) is 0 Å². The van der Waals surface area contributed by atoms with E-state index in [-0.39, 0.29) is 5.82 Å². The Morgan fingerprint density at radius 2 is 1.86 bits per heavy atom. The van der Waals surface area contributed by atoms with Crippen molar-refractivity contribution in [3.8, 4) is 5.75 Å². The van der Waals surface area contributed by atoms with Crippen LogP contribution in [-0.2, 0) is 13.0 Å². The predicted molar refractivity (Wildman–Crippen MR) is 81.9 cm³/mol. The molecule has 1 aromatic heterocycles. The van der Waals surface area contributed by atoms with Crippen molar-refractivity contribution < 1.29 is 9.13 Å². The van der Waals surface area contributed by atoms with Gasteiger partial charge in [0.15, 0.2) is 0 Å². The molecule has 0 aliphatic carbocycles. The molecule has 0 saturated carbocycles. The molecule has 21 heavy (non-hydrogen) atoms. The lowest BCUT2D eigenvalue weighted by Gasteiger charge is -2.11. The van der Waals surface area contributed by atoms with Crippen LogP contribution in [0.15, 0.2) is 54.6 Å². The molecule has 0 N–H and O–H groups in total. The third-order valence-corrected chi connectivity index (χ3v) is 3.39. The summed E-state index contributed by atoms with van der Waals surface area (Å²) in [6.07, 6.45) is 0.775. The van der Waals surface area contributed by atoms with Crippen molar-refractivity contribution >= 4 is 10.9 Å². The zero-order valence-electron chi connectivity index (χ0n) is 11.8. The van der Waals surface area contributed by atoms with Crippen LogP contribution in [0.25, 0.3) is 10.9 Å². The summed E-state index contributed by atoms with van der Waals surface area (Å²) >= 11 is 0. The topological polar surface area (TPSA) is 22.1 Å². The first-order valence-corrected chi connectivity index (χ1v) is 7.02. The van der Waals surface area contributed by atoms with Crippen molar-refractivity contribution in [2.24, 2.45) is 0 Å². The maximum Gasteiger partial charge on any atom is 0.141 e. The van der Waals surface area contributed by atoms with Gasteiger partial charge < -0.3 is 4.74 Å². The summed E-state index contributed by atoms with van der Waals surface area (Å²) < 4.78 is 19.2. The lowest BCUT2D eigenvalue weighted by atomic mass is 10.1. The van der Waals surface area contributed by atoms with Crippen LogP contribution in [0, 0.1) is 5.82 Å². The van der Waals surface area contributed by atoms with Crippen LogP contribution < -0.4 is 4.74 Å². The molecule has 0 unspecified atom stereocenters. The van der Waals surface area contributed by atoms with Gasteiger partial charge in [0.1, 0.15) is 18.2 Å². The van der Waals surface area contributed by atoms with Crippen LogP contribution in [-0.4, -0.2) is 4.98 Å². The third-order valence-electron chi connectivity index (χ3n) is 3.39. The molecule has 0 amide bonds. The van der Waals surface area contributed by atoms with E-state index in [9.17, 15) is 4.39 Å². The summed E-state index contributed by atoms with van der Waals surface area (Å²) in [6.45, 7) is 2.52. The number of aryl methyl sites for hydroxylation is 1. The second-order valence-electron chi connectivity index (χ2n) is 4.90. The van der Waals surface area contributed by atoms with E-state index < -0.39 is 0 Å². The lowest BCUT2D eigenvalue weighted by molar-refractivity contribution is 0.302. The van der Waals surface area contributed by atoms with E-state index in [1.54, 1.807) is 6.07 Å². The minimum absolute atomic E-state index is 0.262. The monoisotopic (exact) mass is 281 g/mol. The number of pyridine rings is 1. The highest BCUT2D eigenvalue weighted by atomic mass is 19.1. The van der Waals surface area contributed by atoms with Crippen molar-refractivity contribution in [3.63, 3.8) is 0 Å². The first kappa shape index (κ1) is 13.6. The molecule has 2 aromatic carbocycles. The standard InChI is InChI=1S/C18H16FNO/c1-2-16-18(21-12-13-6-4-3-5-7-13)11-14-10-15(19)8-9-17(14)20-16/h3-11H,2,12H2,1H3. The van der Waals surface area contributed by atoms with Gasteiger partial charge in [0.05, 0.1) is 11.2 Å². The zero-order valence-corrected chi connectivity index (χ0v) is 11.8. The van der Waals surface area contributed by atoms with E-state index in [0.29, 0.717) is 6.61 Å². The van der Waals surface area contributed by atoms with E-state index in [4.69, 9.17) is 4.74 Å². The number of rotatable bonds is 4. The normalized spacial score (nSPS) is 10.8. The number of benzene rings is 2. The Kier molecular flexibility index (Phi) is 3.82. The molecule has 2 nitrogen and oxygen atoms in total. The minimum atomic E-state index is -0.262. The molecule has 3 rings (SSSR count). The fourth-order valence-electron chi connectivity index (χ4n) is 2.28. The average Bonchev–Trinajstić information content (AvgIpc) is 2.53. The maximum absolute atomic E-state index is 13.3. The summed E-state index contributed by atoms with van der Waals surface area (Å²) in [5, 5.41) is 0.760. The van der Waals surface area contributed by atoms with Gasteiger partial charge >= 0.3 is 0 Å². The second kappa shape index (κ2) is 5.92. The summed E-state index contributed by atoms with van der Waals surface area (Å²) in [5.41, 5.74) is 2.78. The van der Waals surface area contributed by atoms with Crippen molar-refractivity contribution in [1.82, 2.24) is 4.98 Å². The van der Waals surface area contributed by atoms with Gasteiger partial charge in [-0.25, -0.2) is 9.37 Å². The SMILES string of the molecule is CCc1nc2ccc(F)cc2cc1OCc1ccccc1. The van der Waals surface area contributed by atoms with Gasteiger partial charge in [-0.2, -0.15) is 0 Å². The highest BCUT2D eigenvalue weighted by molar-refractivity contribution is 5.80. The predicted octanol–water partition coefficient (Wildman–Crippen LogP) is 4.52. The molecule has 0 aliphatic heterocycles. The minimum Gasteiger partial charge on any atom is -0.487 e. The van der Waals surface area contributed by atoms with Gasteiger partial charge in [-0.05, 0) is 36.2 Å². The van der Waals surface area contributed by atoms with Crippen LogP contribution >= 0.6 is 0 Å². The Bertz CT molecular complexity index is 756. The third kappa shape index (κ3) is 3.02. The van der Waals surface area contributed by atoms with E-state index in [1.807, 2.05) is 43.3 Å². The molecule has 106 valence electrons. The highest BCUT2D eigenvalue weighted by Gasteiger charge is 2.08. The van der Waals surface area contributed by atoms with Crippen molar-refractivity contribution in [1.29, 1.82) is 0 Å². The first-order chi connectivity index (χ1) is 10.3. The Morgan fingerprint density at radius 1 is 1.05 bits per heavy atom. The summed E-state index contributed by atoms with van der Waals surface area (Å²) in [7, 11) is 0. The molecule has 1 heterocycles. The van der Waals surface area contributed by atoms with Crippen LogP contribution in [0.2, 0.25) is 0 Å². The Balaban J connectivity index is 1.92. The van der Waals surface area contributed by atoms with Crippen molar-refractivity contribution in [2.75, 3.05) is 0 Å². The average molecular weight is 281 g/mol. The molecular weight excluding hydrogens is 265 g/mol. The van der Waals surface area contributed by atoms with E-state index in [0.717, 1.165) is 34.3 Å².